The molecular weight excluding hydrogens is 520 g/mol. The van der Waals surface area contributed by atoms with Crippen LogP contribution in [0.2, 0.25) is 0 Å². The van der Waals surface area contributed by atoms with Gasteiger partial charge in [-0.3, -0.25) is 19.9 Å². The summed E-state index contributed by atoms with van der Waals surface area (Å²) in [5.74, 6) is -0.624. The second-order valence-electron chi connectivity index (χ2n) is 9.34. The maximum absolute atomic E-state index is 13.2. The molecule has 10 nitrogen and oxygen atoms in total. The van der Waals surface area contributed by atoms with E-state index in [4.69, 9.17) is 4.42 Å². The van der Waals surface area contributed by atoms with Crippen molar-refractivity contribution in [3.63, 3.8) is 0 Å². The van der Waals surface area contributed by atoms with Gasteiger partial charge < -0.3 is 14.8 Å². The van der Waals surface area contributed by atoms with E-state index in [-0.39, 0.29) is 23.6 Å². The summed E-state index contributed by atoms with van der Waals surface area (Å²) in [6, 6.07) is 17.6. The minimum atomic E-state index is -4.14. The normalized spacial score (nSPS) is 14.5. The van der Waals surface area contributed by atoms with Crippen molar-refractivity contribution in [1.82, 2.24) is 15.4 Å². The van der Waals surface area contributed by atoms with Crippen molar-refractivity contribution >= 4 is 49.6 Å². The fraction of sp³-hybridized carbons (Fsp3) is 0.250. The quantitative estimate of drug-likeness (QED) is 0.251. The number of aliphatic carboxylic acids is 1. The molecule has 0 aliphatic carbocycles. The maximum Gasteiger partial charge on any atom is 0.322 e. The molecule has 1 amide bonds. The number of hydrogen-bond donors (Lipinski definition) is 4. The summed E-state index contributed by atoms with van der Waals surface area (Å²) >= 11 is 0. The summed E-state index contributed by atoms with van der Waals surface area (Å²) in [4.78, 5) is 28.5. The summed E-state index contributed by atoms with van der Waals surface area (Å²) in [5.41, 5.74) is 1.45. The molecule has 4 N–H and O–H groups in total. The number of carboxylic acid groups (broad SMARTS) is 1. The van der Waals surface area contributed by atoms with Gasteiger partial charge in [-0.25, -0.2) is 8.42 Å². The Hall–Kier alpha value is -4.22. The topological polar surface area (TPSA) is 150 Å². The van der Waals surface area contributed by atoms with E-state index in [1.54, 1.807) is 48.5 Å². The van der Waals surface area contributed by atoms with Gasteiger partial charge in [0.15, 0.2) is 5.96 Å². The van der Waals surface area contributed by atoms with Gasteiger partial charge in [0.05, 0.1) is 4.90 Å². The number of sulfonamides is 1. The Labute approximate surface area is 225 Å². The van der Waals surface area contributed by atoms with E-state index in [2.05, 4.69) is 20.3 Å². The Kier molecular flexibility index (Phi) is 7.62. The highest BCUT2D eigenvalue weighted by atomic mass is 32.2. The van der Waals surface area contributed by atoms with Gasteiger partial charge in [-0.15, -0.1) is 0 Å². The highest BCUT2D eigenvalue weighted by Crippen LogP contribution is 2.25. The summed E-state index contributed by atoms with van der Waals surface area (Å²) in [5, 5.41) is 17.6. The molecule has 0 bridgehead atoms. The Bertz CT molecular complexity index is 1670. The van der Waals surface area contributed by atoms with Crippen molar-refractivity contribution in [2.45, 2.75) is 36.6 Å². The summed E-state index contributed by atoms with van der Waals surface area (Å²) in [6.07, 6.45) is 1.53. The minimum Gasteiger partial charge on any atom is -0.480 e. The fourth-order valence-corrected chi connectivity index (χ4v) is 5.95. The maximum atomic E-state index is 13.2. The number of rotatable bonds is 9. The van der Waals surface area contributed by atoms with E-state index in [1.807, 2.05) is 12.1 Å². The van der Waals surface area contributed by atoms with E-state index in [0.717, 1.165) is 29.3 Å². The molecule has 5 rings (SSSR count). The number of guanidine groups is 1. The number of amides is 1. The van der Waals surface area contributed by atoms with Gasteiger partial charge in [-0.1, -0.05) is 42.5 Å². The largest absolute Gasteiger partial charge is 0.480 e. The van der Waals surface area contributed by atoms with Crippen LogP contribution in [0.3, 0.4) is 0 Å². The van der Waals surface area contributed by atoms with Gasteiger partial charge in [0, 0.05) is 36.7 Å². The van der Waals surface area contributed by atoms with E-state index in [9.17, 15) is 23.1 Å². The van der Waals surface area contributed by atoms with Gasteiger partial charge >= 0.3 is 5.97 Å². The first-order valence-corrected chi connectivity index (χ1v) is 14.1. The molecule has 3 aromatic carbocycles. The SMILES string of the molecule is O=C(CCc1ccc2oc(CC(NS(=O)(=O)c3cccc4ccccc34)C(=O)O)cc2c1)NC1=NCCCN1. The minimum absolute atomic E-state index is 0.0106. The summed E-state index contributed by atoms with van der Waals surface area (Å²) < 4.78 is 34.5. The molecule has 0 radical (unpaired) electrons. The van der Waals surface area contributed by atoms with Gasteiger partial charge in [-0.2, -0.15) is 4.72 Å². The summed E-state index contributed by atoms with van der Waals surface area (Å²) in [6.45, 7) is 1.47. The van der Waals surface area contributed by atoms with Crippen molar-refractivity contribution in [2.24, 2.45) is 4.99 Å². The van der Waals surface area contributed by atoms with E-state index >= 15 is 0 Å². The lowest BCUT2D eigenvalue weighted by atomic mass is 10.1. The smallest absolute Gasteiger partial charge is 0.322 e. The molecule has 11 heteroatoms. The van der Waals surface area contributed by atoms with Crippen LogP contribution in [0.5, 0.6) is 0 Å². The molecule has 0 saturated carbocycles. The zero-order chi connectivity index (χ0) is 27.4. The number of benzene rings is 3. The summed E-state index contributed by atoms with van der Waals surface area (Å²) in [7, 11) is -4.14. The zero-order valence-corrected chi connectivity index (χ0v) is 21.8. The van der Waals surface area contributed by atoms with Crippen LogP contribution < -0.4 is 15.4 Å². The van der Waals surface area contributed by atoms with Crippen LogP contribution >= 0.6 is 0 Å². The second-order valence-corrected chi connectivity index (χ2v) is 11.0. The molecule has 1 atom stereocenters. The van der Waals surface area contributed by atoms with Crippen LogP contribution in [0.1, 0.15) is 24.2 Å². The van der Waals surface area contributed by atoms with Crippen LogP contribution in [0.25, 0.3) is 21.7 Å². The Balaban J connectivity index is 1.27. The van der Waals surface area contributed by atoms with E-state index in [1.165, 1.54) is 6.07 Å². The molecule has 1 aliphatic heterocycles. The molecule has 0 saturated heterocycles. The van der Waals surface area contributed by atoms with Crippen LogP contribution in [0.15, 0.2) is 81.0 Å². The first kappa shape index (κ1) is 26.4. The third-order valence-corrected chi connectivity index (χ3v) is 8.00. The van der Waals surface area contributed by atoms with Crippen LogP contribution in [-0.2, 0) is 32.5 Å². The number of fused-ring (bicyclic) bond motifs is 2. The number of carboxylic acids is 1. The number of nitrogens with one attached hydrogen (secondary N) is 3. The highest BCUT2D eigenvalue weighted by Gasteiger charge is 2.28. The number of nitrogens with zero attached hydrogens (tertiary/aromatic N) is 1. The van der Waals surface area contributed by atoms with Gasteiger partial charge in [0.2, 0.25) is 15.9 Å². The lowest BCUT2D eigenvalue weighted by molar-refractivity contribution is -0.139. The molecule has 4 aromatic rings. The zero-order valence-electron chi connectivity index (χ0n) is 21.0. The molecule has 2 heterocycles. The monoisotopic (exact) mass is 548 g/mol. The Morgan fingerprint density at radius 2 is 1.87 bits per heavy atom. The average molecular weight is 549 g/mol. The molecule has 202 valence electrons. The van der Waals surface area contributed by atoms with Crippen molar-refractivity contribution in [3.05, 3.63) is 78.1 Å². The molecule has 1 aromatic heterocycles. The lowest BCUT2D eigenvalue weighted by Crippen LogP contribution is -2.43. The van der Waals surface area contributed by atoms with Crippen LogP contribution in [-0.4, -0.2) is 50.5 Å². The average Bonchev–Trinajstić information content (AvgIpc) is 3.33. The highest BCUT2D eigenvalue weighted by molar-refractivity contribution is 7.89. The molecular formula is C28H28N4O6S. The van der Waals surface area contributed by atoms with Crippen molar-refractivity contribution in [2.75, 3.05) is 13.1 Å². The standard InChI is InChI=1S/C28H28N4O6S/c33-26(31-28-29-13-4-14-30-28)12-10-18-9-11-24-20(15-18)16-21(38-24)17-23(27(34)35)32-39(36,37)25-8-3-6-19-5-1-2-7-22(19)25/h1-3,5-9,11,15-16,23,32H,4,10,12-14,17H2,(H,34,35)(H2,29,30,31,33). The van der Waals surface area contributed by atoms with Crippen LogP contribution in [0.4, 0.5) is 0 Å². The van der Waals surface area contributed by atoms with Crippen molar-refractivity contribution < 1.29 is 27.5 Å². The fourth-order valence-electron chi connectivity index (χ4n) is 4.53. The van der Waals surface area contributed by atoms with E-state index < -0.39 is 22.0 Å². The number of hydrogen-bond acceptors (Lipinski definition) is 7. The van der Waals surface area contributed by atoms with Crippen molar-refractivity contribution in [1.29, 1.82) is 0 Å². The number of aliphatic imine (C=N–C) groups is 1. The lowest BCUT2D eigenvalue weighted by Gasteiger charge is -2.15. The molecule has 1 unspecified atom stereocenters. The first-order chi connectivity index (χ1) is 18.8. The predicted octanol–water partition coefficient (Wildman–Crippen LogP) is 2.96. The van der Waals surface area contributed by atoms with Gasteiger partial charge in [-0.05, 0) is 48.1 Å². The van der Waals surface area contributed by atoms with Gasteiger partial charge in [0.25, 0.3) is 0 Å². The van der Waals surface area contributed by atoms with Gasteiger partial charge in [0.1, 0.15) is 17.4 Å². The number of carbonyl (C=O) groups excluding carboxylic acids is 1. The molecule has 1 aliphatic rings. The van der Waals surface area contributed by atoms with Crippen molar-refractivity contribution in [3.8, 4) is 0 Å². The Morgan fingerprint density at radius 1 is 1.05 bits per heavy atom. The second kappa shape index (κ2) is 11.3. The Morgan fingerprint density at radius 3 is 2.67 bits per heavy atom. The molecule has 0 spiro atoms. The number of aryl methyl sites for hydroxylation is 1. The predicted molar refractivity (Wildman–Crippen MR) is 147 cm³/mol. The first-order valence-electron chi connectivity index (χ1n) is 12.6. The third-order valence-electron chi connectivity index (χ3n) is 6.47. The number of carbonyl (C=O) groups is 2. The third kappa shape index (κ3) is 6.27. The van der Waals surface area contributed by atoms with E-state index in [0.29, 0.717) is 35.7 Å². The molecule has 39 heavy (non-hydrogen) atoms. The van der Waals surface area contributed by atoms with Crippen LogP contribution in [0, 0.1) is 0 Å². The number of furan rings is 1. The molecule has 0 fully saturated rings.